The van der Waals surface area contributed by atoms with Crippen LogP contribution < -0.4 is 5.32 Å². The lowest BCUT2D eigenvalue weighted by Gasteiger charge is -2.21. The highest BCUT2D eigenvalue weighted by atomic mass is 16.5. The minimum absolute atomic E-state index is 0.723. The molecule has 1 aliphatic rings. The van der Waals surface area contributed by atoms with Crippen LogP contribution in [-0.4, -0.2) is 19.7 Å². The van der Waals surface area contributed by atoms with Gasteiger partial charge in [0.05, 0.1) is 6.61 Å². The van der Waals surface area contributed by atoms with Crippen molar-refractivity contribution >= 4 is 0 Å². The molecular weight excluding hydrogens is 258 g/mol. The van der Waals surface area contributed by atoms with Gasteiger partial charge in [-0.25, -0.2) is 5.32 Å². The van der Waals surface area contributed by atoms with Crippen LogP contribution in [0.1, 0.15) is 56.6 Å². The fourth-order valence-corrected chi connectivity index (χ4v) is 2.87. The molecular formula is C19H30NO. The lowest BCUT2D eigenvalue weighted by molar-refractivity contribution is 0.0760. The molecule has 0 saturated carbocycles. The number of aryl methyl sites for hydroxylation is 1. The van der Waals surface area contributed by atoms with Gasteiger partial charge in [0.25, 0.3) is 0 Å². The molecule has 0 unspecified atom stereocenters. The zero-order valence-electron chi connectivity index (χ0n) is 13.5. The average molecular weight is 288 g/mol. The van der Waals surface area contributed by atoms with E-state index in [4.69, 9.17) is 4.74 Å². The van der Waals surface area contributed by atoms with E-state index in [0.29, 0.717) is 0 Å². The highest BCUT2D eigenvalue weighted by molar-refractivity contribution is 5.22. The Morgan fingerprint density at radius 2 is 1.71 bits per heavy atom. The van der Waals surface area contributed by atoms with E-state index < -0.39 is 0 Å². The molecule has 2 heteroatoms. The van der Waals surface area contributed by atoms with Crippen molar-refractivity contribution in [3.05, 3.63) is 35.4 Å². The van der Waals surface area contributed by atoms with Crippen molar-refractivity contribution in [3.8, 4) is 0 Å². The van der Waals surface area contributed by atoms with E-state index in [9.17, 15) is 0 Å². The maximum atomic E-state index is 5.87. The van der Waals surface area contributed by atoms with Crippen molar-refractivity contribution in [2.24, 2.45) is 5.92 Å². The lowest BCUT2D eigenvalue weighted by atomic mass is 9.99. The van der Waals surface area contributed by atoms with Crippen molar-refractivity contribution in [3.63, 3.8) is 0 Å². The van der Waals surface area contributed by atoms with Crippen LogP contribution in [0.5, 0.6) is 0 Å². The summed E-state index contributed by atoms with van der Waals surface area (Å²) in [6.45, 7) is 5.97. The van der Waals surface area contributed by atoms with Crippen LogP contribution in [0.15, 0.2) is 24.3 Å². The molecule has 1 heterocycles. The number of ether oxygens (including phenoxy) is 1. The summed E-state index contributed by atoms with van der Waals surface area (Å²) in [6, 6.07) is 8.99. The van der Waals surface area contributed by atoms with Gasteiger partial charge in [0.2, 0.25) is 0 Å². The van der Waals surface area contributed by atoms with E-state index in [1.807, 2.05) is 0 Å². The van der Waals surface area contributed by atoms with E-state index in [1.165, 1.54) is 56.1 Å². The Balaban J connectivity index is 1.62. The summed E-state index contributed by atoms with van der Waals surface area (Å²) < 4.78 is 5.87. The summed E-state index contributed by atoms with van der Waals surface area (Å²) in [7, 11) is 0. The average Bonchev–Trinajstić information content (AvgIpc) is 2.54. The van der Waals surface area contributed by atoms with Crippen LogP contribution in [0.25, 0.3) is 0 Å². The number of hydrogen-bond donors (Lipinski definition) is 0. The molecule has 1 fully saturated rings. The molecule has 117 valence electrons. The number of rotatable bonds is 9. The maximum absolute atomic E-state index is 5.87. The fourth-order valence-electron chi connectivity index (χ4n) is 2.87. The van der Waals surface area contributed by atoms with Gasteiger partial charge in [-0.3, -0.25) is 0 Å². The third-order valence-corrected chi connectivity index (χ3v) is 4.36. The third kappa shape index (κ3) is 6.62. The Labute approximate surface area is 130 Å². The van der Waals surface area contributed by atoms with Crippen LogP contribution >= 0.6 is 0 Å². The molecule has 1 aromatic rings. The summed E-state index contributed by atoms with van der Waals surface area (Å²) in [5.74, 6) is 0.723. The van der Waals surface area contributed by atoms with Crippen molar-refractivity contribution in [1.29, 1.82) is 0 Å². The van der Waals surface area contributed by atoms with Crippen LogP contribution in [0, 0.1) is 5.92 Å². The zero-order valence-corrected chi connectivity index (χ0v) is 13.5. The monoisotopic (exact) mass is 288 g/mol. The van der Waals surface area contributed by atoms with Gasteiger partial charge < -0.3 is 4.74 Å². The van der Waals surface area contributed by atoms with Gasteiger partial charge in [0.1, 0.15) is 0 Å². The first kappa shape index (κ1) is 16.5. The molecule has 0 aromatic heterocycles. The van der Waals surface area contributed by atoms with Gasteiger partial charge in [0.15, 0.2) is 0 Å². The van der Waals surface area contributed by atoms with E-state index in [-0.39, 0.29) is 0 Å². The molecule has 1 saturated heterocycles. The van der Waals surface area contributed by atoms with E-state index in [2.05, 4.69) is 36.5 Å². The number of piperidine rings is 1. The quantitative estimate of drug-likeness (QED) is 0.620. The van der Waals surface area contributed by atoms with Crippen LogP contribution in [0.2, 0.25) is 0 Å². The van der Waals surface area contributed by atoms with Crippen molar-refractivity contribution in [1.82, 2.24) is 5.32 Å². The van der Waals surface area contributed by atoms with Crippen molar-refractivity contribution in [2.75, 3.05) is 19.7 Å². The smallest absolute Gasteiger partial charge is 0.0717 e. The number of hydrogen-bond acceptors (Lipinski definition) is 1. The van der Waals surface area contributed by atoms with Gasteiger partial charge in [-0.1, -0.05) is 50.5 Å². The summed E-state index contributed by atoms with van der Waals surface area (Å²) in [5.41, 5.74) is 2.76. The molecule has 0 aliphatic carbocycles. The number of unbranched alkanes of at least 4 members (excludes halogenated alkanes) is 3. The topological polar surface area (TPSA) is 23.3 Å². The van der Waals surface area contributed by atoms with E-state index in [1.54, 1.807) is 0 Å². The van der Waals surface area contributed by atoms with Crippen LogP contribution in [0.3, 0.4) is 0 Å². The minimum Gasteiger partial charge on any atom is -0.376 e. The van der Waals surface area contributed by atoms with Gasteiger partial charge in [-0.2, -0.15) is 0 Å². The molecule has 0 N–H and O–H groups in total. The number of nitrogens with zero attached hydrogens (tertiary/aromatic N) is 1. The Hall–Kier alpha value is -0.860. The standard InChI is InChI=1S/C19H30NO/c1-2-3-4-5-6-17-7-9-18(10-8-17)15-21-16-19-11-13-20-14-12-19/h7-10,19H,2-6,11-16H2,1H3. The van der Waals surface area contributed by atoms with Gasteiger partial charge >= 0.3 is 0 Å². The maximum Gasteiger partial charge on any atom is 0.0717 e. The van der Waals surface area contributed by atoms with Crippen molar-refractivity contribution in [2.45, 2.75) is 58.5 Å². The third-order valence-electron chi connectivity index (χ3n) is 4.36. The predicted molar refractivity (Wildman–Crippen MR) is 88.5 cm³/mol. The molecule has 1 radical (unpaired) electrons. The normalized spacial score (nSPS) is 16.2. The first-order chi connectivity index (χ1) is 10.4. The predicted octanol–water partition coefficient (Wildman–Crippen LogP) is 4.34. The SMILES string of the molecule is CCCCCCc1ccc(COCC2CC[N]CC2)cc1. The summed E-state index contributed by atoms with van der Waals surface area (Å²) in [6.07, 6.45) is 8.97. The Bertz CT molecular complexity index is 368. The first-order valence-corrected chi connectivity index (χ1v) is 8.67. The molecule has 0 amide bonds. The molecule has 2 nitrogen and oxygen atoms in total. The number of benzene rings is 1. The Kier molecular flexibility index (Phi) is 7.83. The second-order valence-corrected chi connectivity index (χ2v) is 6.26. The Morgan fingerprint density at radius 1 is 1.00 bits per heavy atom. The van der Waals surface area contributed by atoms with Crippen molar-refractivity contribution < 1.29 is 4.74 Å². The highest BCUT2D eigenvalue weighted by Gasteiger charge is 2.13. The second kappa shape index (κ2) is 9.97. The largest absolute Gasteiger partial charge is 0.376 e. The van der Waals surface area contributed by atoms with Gasteiger partial charge in [0, 0.05) is 19.7 Å². The molecule has 0 bridgehead atoms. The van der Waals surface area contributed by atoms with E-state index >= 15 is 0 Å². The van der Waals surface area contributed by atoms with Crippen LogP contribution in [0.4, 0.5) is 0 Å². The molecule has 1 aromatic carbocycles. The summed E-state index contributed by atoms with van der Waals surface area (Å²) >= 11 is 0. The van der Waals surface area contributed by atoms with Gasteiger partial charge in [-0.05, 0) is 42.7 Å². The highest BCUT2D eigenvalue weighted by Crippen LogP contribution is 2.14. The molecule has 21 heavy (non-hydrogen) atoms. The molecule has 0 spiro atoms. The molecule has 2 rings (SSSR count). The van der Waals surface area contributed by atoms with Gasteiger partial charge in [-0.15, -0.1) is 0 Å². The minimum atomic E-state index is 0.723. The molecule has 1 aliphatic heterocycles. The summed E-state index contributed by atoms with van der Waals surface area (Å²) in [4.78, 5) is 0. The first-order valence-electron chi connectivity index (χ1n) is 8.67. The second-order valence-electron chi connectivity index (χ2n) is 6.26. The van der Waals surface area contributed by atoms with Crippen LogP contribution in [-0.2, 0) is 17.8 Å². The fraction of sp³-hybridized carbons (Fsp3) is 0.684. The zero-order chi connectivity index (χ0) is 14.8. The lowest BCUT2D eigenvalue weighted by Crippen LogP contribution is -2.25. The van der Waals surface area contributed by atoms with E-state index in [0.717, 1.165) is 32.2 Å². The molecule has 0 atom stereocenters. The summed E-state index contributed by atoms with van der Waals surface area (Å²) in [5, 5.41) is 4.38. The Morgan fingerprint density at radius 3 is 2.43 bits per heavy atom.